The Morgan fingerprint density at radius 2 is 1.77 bits per heavy atom. The molecule has 1 atom stereocenters. The molecule has 6 nitrogen and oxygen atoms in total. The summed E-state index contributed by atoms with van der Waals surface area (Å²) in [6.07, 6.45) is 0.638. The fraction of sp³-hybridized carbons (Fsp3) is 0.348. The number of rotatable bonds is 9. The van der Waals surface area contributed by atoms with E-state index < -0.39 is 5.91 Å². The molecule has 0 saturated heterocycles. The molecule has 2 rings (SSSR count). The smallest absolute Gasteiger partial charge is 0.243 e. The minimum atomic E-state index is -0.437. The normalized spacial score (nSPS) is 11.5. The van der Waals surface area contributed by atoms with Gasteiger partial charge in [0.2, 0.25) is 17.7 Å². The predicted molar refractivity (Wildman–Crippen MR) is 114 cm³/mol. The molecule has 3 amide bonds. The molecule has 160 valence electrons. The maximum Gasteiger partial charge on any atom is 0.243 e. The topological polar surface area (TPSA) is 78.5 Å². The van der Waals surface area contributed by atoms with Gasteiger partial charge in [-0.2, -0.15) is 0 Å². The van der Waals surface area contributed by atoms with E-state index >= 15 is 0 Å². The van der Waals surface area contributed by atoms with Gasteiger partial charge in [0, 0.05) is 18.2 Å². The van der Waals surface area contributed by atoms with E-state index in [1.807, 2.05) is 32.0 Å². The van der Waals surface area contributed by atoms with Crippen molar-refractivity contribution in [2.75, 3.05) is 18.4 Å². The molecular formula is C23H28FN3O3. The van der Waals surface area contributed by atoms with Crippen LogP contribution in [-0.2, 0) is 20.9 Å². The Labute approximate surface area is 176 Å². The standard InChI is InChI=1S/C23H28FN3O3/c1-4-17(3)23(30)27(14-18-8-10-19(24)11-9-18)15-22(29)25-13-21(28)26-20-7-5-6-16(2)12-20/h5-12,17H,4,13-15H2,1-3H3,(H,25,29)(H,26,28). The second kappa shape index (κ2) is 11.1. The third-order valence-electron chi connectivity index (χ3n) is 4.71. The first-order chi connectivity index (χ1) is 14.3. The summed E-state index contributed by atoms with van der Waals surface area (Å²) in [5.74, 6) is -1.57. The van der Waals surface area contributed by atoms with Gasteiger partial charge in [0.1, 0.15) is 5.82 Å². The molecular weight excluding hydrogens is 385 g/mol. The zero-order chi connectivity index (χ0) is 22.1. The highest BCUT2D eigenvalue weighted by Gasteiger charge is 2.22. The monoisotopic (exact) mass is 413 g/mol. The number of benzene rings is 2. The van der Waals surface area contributed by atoms with Crippen molar-refractivity contribution in [1.29, 1.82) is 0 Å². The molecule has 0 heterocycles. The second-order valence-corrected chi connectivity index (χ2v) is 7.32. The van der Waals surface area contributed by atoms with Gasteiger partial charge in [-0.25, -0.2) is 4.39 Å². The highest BCUT2D eigenvalue weighted by atomic mass is 19.1. The average molecular weight is 413 g/mol. The lowest BCUT2D eigenvalue weighted by molar-refractivity contribution is -0.139. The average Bonchev–Trinajstić information content (AvgIpc) is 2.72. The maximum atomic E-state index is 13.1. The van der Waals surface area contributed by atoms with E-state index in [4.69, 9.17) is 0 Å². The lowest BCUT2D eigenvalue weighted by Crippen LogP contribution is -2.44. The molecule has 0 radical (unpaired) electrons. The van der Waals surface area contributed by atoms with Gasteiger partial charge < -0.3 is 15.5 Å². The number of carbonyl (C=O) groups excluding carboxylic acids is 3. The van der Waals surface area contributed by atoms with Crippen molar-refractivity contribution in [3.05, 3.63) is 65.5 Å². The van der Waals surface area contributed by atoms with E-state index in [2.05, 4.69) is 10.6 Å². The van der Waals surface area contributed by atoms with Gasteiger partial charge in [-0.3, -0.25) is 14.4 Å². The van der Waals surface area contributed by atoms with Gasteiger partial charge in [-0.1, -0.05) is 38.1 Å². The van der Waals surface area contributed by atoms with Gasteiger partial charge >= 0.3 is 0 Å². The van der Waals surface area contributed by atoms with Crippen LogP contribution in [0.25, 0.3) is 0 Å². The number of nitrogens with one attached hydrogen (secondary N) is 2. The number of hydrogen-bond acceptors (Lipinski definition) is 3. The fourth-order valence-electron chi connectivity index (χ4n) is 2.84. The molecule has 7 heteroatoms. The molecule has 30 heavy (non-hydrogen) atoms. The van der Waals surface area contributed by atoms with Crippen LogP contribution < -0.4 is 10.6 Å². The van der Waals surface area contributed by atoms with Crippen molar-refractivity contribution in [3.63, 3.8) is 0 Å². The lowest BCUT2D eigenvalue weighted by atomic mass is 10.1. The third kappa shape index (κ3) is 7.31. The lowest BCUT2D eigenvalue weighted by Gasteiger charge is -2.25. The molecule has 0 aliphatic carbocycles. The van der Waals surface area contributed by atoms with E-state index in [0.717, 1.165) is 11.1 Å². The summed E-state index contributed by atoms with van der Waals surface area (Å²) < 4.78 is 13.1. The number of nitrogens with zero attached hydrogens (tertiary/aromatic N) is 1. The number of carbonyl (C=O) groups is 3. The molecule has 2 N–H and O–H groups in total. The van der Waals surface area contributed by atoms with Crippen LogP contribution in [0, 0.1) is 18.7 Å². The van der Waals surface area contributed by atoms with Crippen molar-refractivity contribution in [1.82, 2.24) is 10.2 Å². The Morgan fingerprint density at radius 3 is 2.40 bits per heavy atom. The minimum absolute atomic E-state index is 0.166. The van der Waals surface area contributed by atoms with Crippen LogP contribution in [0.4, 0.5) is 10.1 Å². The summed E-state index contributed by atoms with van der Waals surface area (Å²) in [7, 11) is 0. The van der Waals surface area contributed by atoms with Gasteiger partial charge in [-0.15, -0.1) is 0 Å². The van der Waals surface area contributed by atoms with Crippen LogP contribution in [0.15, 0.2) is 48.5 Å². The van der Waals surface area contributed by atoms with Crippen molar-refractivity contribution in [2.45, 2.75) is 33.7 Å². The zero-order valence-corrected chi connectivity index (χ0v) is 17.6. The summed E-state index contributed by atoms with van der Waals surface area (Å²) in [5.41, 5.74) is 2.38. The summed E-state index contributed by atoms with van der Waals surface area (Å²) in [6, 6.07) is 13.1. The molecule has 0 spiro atoms. The molecule has 0 fully saturated rings. The first kappa shape index (κ1) is 23.1. The van der Waals surface area contributed by atoms with Crippen molar-refractivity contribution >= 4 is 23.4 Å². The van der Waals surface area contributed by atoms with Crippen molar-refractivity contribution < 1.29 is 18.8 Å². The van der Waals surface area contributed by atoms with Crippen LogP contribution in [0.5, 0.6) is 0 Å². The van der Waals surface area contributed by atoms with Gasteiger partial charge in [0.25, 0.3) is 0 Å². The fourth-order valence-corrected chi connectivity index (χ4v) is 2.84. The Bertz CT molecular complexity index is 884. The quantitative estimate of drug-likeness (QED) is 0.662. The predicted octanol–water partition coefficient (Wildman–Crippen LogP) is 3.26. The van der Waals surface area contributed by atoms with E-state index in [-0.39, 0.29) is 43.2 Å². The SMILES string of the molecule is CCC(C)C(=O)N(CC(=O)NCC(=O)Nc1cccc(C)c1)Cc1ccc(F)cc1. The maximum absolute atomic E-state index is 13.1. The molecule has 0 aliphatic heterocycles. The number of amides is 3. The van der Waals surface area contributed by atoms with Crippen LogP contribution in [0.2, 0.25) is 0 Å². The van der Waals surface area contributed by atoms with Crippen molar-refractivity contribution in [3.8, 4) is 0 Å². The van der Waals surface area contributed by atoms with E-state index in [9.17, 15) is 18.8 Å². The molecule has 2 aromatic carbocycles. The largest absolute Gasteiger partial charge is 0.345 e. The number of anilines is 1. The molecule has 0 saturated carbocycles. The first-order valence-corrected chi connectivity index (χ1v) is 9.95. The zero-order valence-electron chi connectivity index (χ0n) is 17.6. The van der Waals surface area contributed by atoms with Crippen LogP contribution >= 0.6 is 0 Å². The van der Waals surface area contributed by atoms with E-state index in [1.165, 1.54) is 17.0 Å². The number of halogens is 1. The summed E-state index contributed by atoms with van der Waals surface area (Å²) in [5, 5.41) is 5.27. The Kier molecular flexibility index (Phi) is 8.53. The first-order valence-electron chi connectivity index (χ1n) is 9.95. The highest BCUT2D eigenvalue weighted by molar-refractivity contribution is 5.95. The van der Waals surface area contributed by atoms with Crippen molar-refractivity contribution in [2.24, 2.45) is 5.92 Å². The van der Waals surface area contributed by atoms with E-state index in [0.29, 0.717) is 12.1 Å². The van der Waals surface area contributed by atoms with Crippen LogP contribution in [0.3, 0.4) is 0 Å². The molecule has 0 aromatic heterocycles. The Balaban J connectivity index is 1.94. The summed E-state index contributed by atoms with van der Waals surface area (Å²) >= 11 is 0. The van der Waals surface area contributed by atoms with Crippen LogP contribution in [0.1, 0.15) is 31.4 Å². The molecule has 1 unspecified atom stereocenters. The molecule has 2 aromatic rings. The number of hydrogen-bond donors (Lipinski definition) is 2. The Morgan fingerprint density at radius 1 is 1.07 bits per heavy atom. The second-order valence-electron chi connectivity index (χ2n) is 7.32. The molecule has 0 aliphatic rings. The number of aryl methyl sites for hydroxylation is 1. The highest BCUT2D eigenvalue weighted by Crippen LogP contribution is 2.12. The Hall–Kier alpha value is -3.22. The summed E-state index contributed by atoms with van der Waals surface area (Å²) in [6.45, 7) is 5.42. The summed E-state index contributed by atoms with van der Waals surface area (Å²) in [4.78, 5) is 38.6. The van der Waals surface area contributed by atoms with Gasteiger partial charge in [0.05, 0.1) is 13.1 Å². The minimum Gasteiger partial charge on any atom is -0.345 e. The third-order valence-corrected chi connectivity index (χ3v) is 4.71. The molecule has 0 bridgehead atoms. The van der Waals surface area contributed by atoms with Crippen LogP contribution in [-0.4, -0.2) is 35.7 Å². The van der Waals surface area contributed by atoms with Gasteiger partial charge in [-0.05, 0) is 48.7 Å². The van der Waals surface area contributed by atoms with Gasteiger partial charge in [0.15, 0.2) is 0 Å². The van der Waals surface area contributed by atoms with E-state index in [1.54, 1.807) is 25.1 Å².